The first-order valence-corrected chi connectivity index (χ1v) is 19.5. The maximum atomic E-state index is 12.7. The molecule has 2 atom stereocenters. The smallest absolute Gasteiger partial charge is 0.312 e. The molecule has 6 amide bonds. The van der Waals surface area contributed by atoms with Crippen molar-refractivity contribution in [3.8, 4) is 0 Å². The number of nitrogens with two attached hydrogens (primary N) is 2. The molecule has 0 aromatic heterocycles. The minimum absolute atomic E-state index is 0.0266. The Labute approximate surface area is 334 Å². The van der Waals surface area contributed by atoms with Crippen LogP contribution >= 0.6 is 0 Å². The van der Waals surface area contributed by atoms with Crippen molar-refractivity contribution in [2.45, 2.75) is 106 Å². The normalized spacial score (nSPS) is 11.1. The molecule has 0 aliphatic heterocycles. The topological polar surface area (TPSA) is 249 Å². The van der Waals surface area contributed by atoms with E-state index in [1.165, 1.54) is 6.92 Å². The molecule has 0 fully saturated rings. The first-order chi connectivity index (χ1) is 26.9. The quantitative estimate of drug-likeness (QED) is 0.0531. The molecule has 17 nitrogen and oxygen atoms in total. The Morgan fingerprint density at radius 2 is 1.21 bits per heavy atom. The summed E-state index contributed by atoms with van der Waals surface area (Å²) in [5, 5.41) is 10.4. The summed E-state index contributed by atoms with van der Waals surface area (Å²) in [6, 6.07) is 7.09. The van der Waals surface area contributed by atoms with Crippen molar-refractivity contribution >= 4 is 35.6 Å². The van der Waals surface area contributed by atoms with E-state index in [0.29, 0.717) is 72.2 Å². The zero-order valence-corrected chi connectivity index (χ0v) is 35.1. The van der Waals surface area contributed by atoms with Gasteiger partial charge in [0.15, 0.2) is 0 Å². The van der Waals surface area contributed by atoms with Crippen LogP contribution in [0, 0.1) is 5.92 Å². The molecule has 1 rings (SSSR count). The Bertz CT molecular complexity index is 1160. The summed E-state index contributed by atoms with van der Waals surface area (Å²) in [5.41, 5.74) is 11.4. The first-order valence-electron chi connectivity index (χ1n) is 19.5. The molecule has 1 aromatic carbocycles. The second-order valence-electron chi connectivity index (χ2n) is 11.8. The van der Waals surface area contributed by atoms with Crippen molar-refractivity contribution in [2.75, 3.05) is 65.9 Å². The van der Waals surface area contributed by atoms with Gasteiger partial charge in [-0.1, -0.05) is 78.8 Å². The lowest BCUT2D eigenvalue weighted by molar-refractivity contribution is -0.142. The van der Waals surface area contributed by atoms with E-state index < -0.39 is 29.9 Å². The summed E-state index contributed by atoms with van der Waals surface area (Å²) >= 11 is 0. The lowest BCUT2D eigenvalue weighted by Gasteiger charge is -2.24. The minimum atomic E-state index is -0.951. The zero-order chi connectivity index (χ0) is 43.0. The number of hydrogen-bond donors (Lipinski definition) is 6. The zero-order valence-electron chi connectivity index (χ0n) is 35.1. The van der Waals surface area contributed by atoms with Crippen LogP contribution in [-0.4, -0.2) is 114 Å². The second-order valence-corrected chi connectivity index (χ2v) is 11.8. The van der Waals surface area contributed by atoms with Gasteiger partial charge in [0.2, 0.25) is 23.6 Å². The van der Waals surface area contributed by atoms with Gasteiger partial charge in [0.1, 0.15) is 18.7 Å². The number of carbonyl (C=O) groups is 6. The Morgan fingerprint density at radius 3 is 1.70 bits per heavy atom. The Balaban J connectivity index is -0.00000156. The number of esters is 1. The Morgan fingerprint density at radius 1 is 0.679 bits per heavy atom. The van der Waals surface area contributed by atoms with Crippen LogP contribution < -0.4 is 32.7 Å². The average Bonchev–Trinajstić information content (AvgIpc) is 3.17. The molecule has 0 bridgehead atoms. The number of ether oxygens (including phenoxy) is 5. The van der Waals surface area contributed by atoms with Gasteiger partial charge in [0.05, 0.1) is 52.9 Å². The summed E-state index contributed by atoms with van der Waals surface area (Å²) in [7, 11) is 0. The lowest BCUT2D eigenvalue weighted by Crippen LogP contribution is -2.54. The molecule has 0 spiro atoms. The van der Waals surface area contributed by atoms with Gasteiger partial charge in [-0.15, -0.1) is 0 Å². The van der Waals surface area contributed by atoms with E-state index in [1.54, 1.807) is 13.8 Å². The van der Waals surface area contributed by atoms with Crippen LogP contribution in [0.2, 0.25) is 0 Å². The van der Waals surface area contributed by atoms with Crippen molar-refractivity contribution < 1.29 is 52.5 Å². The third kappa shape index (κ3) is 36.6. The van der Waals surface area contributed by atoms with Gasteiger partial charge in [0, 0.05) is 32.9 Å². The molecule has 17 heteroatoms. The highest BCUT2D eigenvalue weighted by atomic mass is 16.6. The monoisotopic (exact) mass is 801 g/mol. The predicted octanol–water partition coefficient (Wildman–Crippen LogP) is 2.72. The van der Waals surface area contributed by atoms with Crippen molar-refractivity contribution in [1.29, 1.82) is 0 Å². The van der Waals surface area contributed by atoms with Crippen molar-refractivity contribution in [3.63, 3.8) is 0 Å². The summed E-state index contributed by atoms with van der Waals surface area (Å²) < 4.78 is 26.4. The van der Waals surface area contributed by atoms with Gasteiger partial charge in [-0.05, 0) is 30.7 Å². The second kappa shape index (κ2) is 40.3. The summed E-state index contributed by atoms with van der Waals surface area (Å²) in [6.07, 6.45) is 1.96. The Kier molecular flexibility index (Phi) is 40.4. The molecule has 0 aliphatic carbocycles. The lowest BCUT2D eigenvalue weighted by atomic mass is 10.0. The molecule has 324 valence electrons. The average molecular weight is 801 g/mol. The Hall–Kier alpha value is -4.32. The third-order valence-electron chi connectivity index (χ3n) is 6.81. The van der Waals surface area contributed by atoms with E-state index in [4.69, 9.17) is 35.2 Å². The van der Waals surface area contributed by atoms with Crippen LogP contribution in [0.5, 0.6) is 0 Å². The minimum Gasteiger partial charge on any atom is -0.461 e. The number of amides is 6. The summed E-state index contributed by atoms with van der Waals surface area (Å²) in [5.74, 6) is -2.08. The molecular formula is C39H72N6O11. The highest BCUT2D eigenvalue weighted by Gasteiger charge is 2.27. The molecule has 1 aromatic rings. The van der Waals surface area contributed by atoms with Crippen molar-refractivity contribution in [1.82, 2.24) is 21.3 Å². The van der Waals surface area contributed by atoms with Gasteiger partial charge >= 0.3 is 12.0 Å². The largest absolute Gasteiger partial charge is 0.461 e. The van der Waals surface area contributed by atoms with E-state index >= 15 is 0 Å². The molecule has 0 saturated heterocycles. The fourth-order valence-corrected chi connectivity index (χ4v) is 4.11. The van der Waals surface area contributed by atoms with Crippen LogP contribution in [0.3, 0.4) is 0 Å². The van der Waals surface area contributed by atoms with E-state index in [1.807, 2.05) is 65.0 Å². The van der Waals surface area contributed by atoms with Gasteiger partial charge in [-0.25, -0.2) is 4.79 Å². The van der Waals surface area contributed by atoms with Crippen LogP contribution in [0.25, 0.3) is 0 Å². The highest BCUT2D eigenvalue weighted by molar-refractivity contribution is 5.91. The number of urea groups is 1. The van der Waals surface area contributed by atoms with E-state index in [-0.39, 0.29) is 49.7 Å². The molecule has 2 unspecified atom stereocenters. The maximum absolute atomic E-state index is 12.7. The van der Waals surface area contributed by atoms with Crippen molar-refractivity contribution in [2.24, 2.45) is 17.4 Å². The molecule has 8 N–H and O–H groups in total. The van der Waals surface area contributed by atoms with E-state index in [2.05, 4.69) is 21.3 Å². The van der Waals surface area contributed by atoms with Crippen molar-refractivity contribution in [3.05, 3.63) is 35.9 Å². The standard InChI is InChI=1S/C26H50N6O9.C9H10O2.2C2H6/c1-4-6-21(33)29-10-12-39-14-16-41-18-17-40-15-13-38-11-8-22(34)32-23(19(2)3)25(36)31-20(24(27)35)7-5-9-30-26(28)37;1-8(10)11-7-9-5-3-2-4-6-9;2*1-2/h19-20,23H,4-18H2,1-3H3,(H2,27,35)(H,29,33)(H,31,36)(H,32,34)(H3,28,30,37);2-6H,7H2,1H3;2*1-2H3. The van der Waals surface area contributed by atoms with Crippen LogP contribution in [0.4, 0.5) is 4.79 Å². The molecule has 0 saturated carbocycles. The van der Waals surface area contributed by atoms with Crippen LogP contribution in [0.1, 0.15) is 93.1 Å². The fraction of sp³-hybridized carbons (Fsp3) is 0.692. The SMILES string of the molecule is CC.CC.CC(=O)OCc1ccccc1.CCCC(=O)NCCOCCOCCOCCOCCC(=O)NC(C(=O)NC(CCCNC(N)=O)C(N)=O)C(C)C. The first kappa shape index (κ1) is 56.0. The number of carbonyl (C=O) groups excluding carboxylic acids is 6. The predicted molar refractivity (Wildman–Crippen MR) is 215 cm³/mol. The van der Waals surface area contributed by atoms with Gasteiger partial charge in [0.25, 0.3) is 0 Å². The molecular weight excluding hydrogens is 728 g/mol. The molecule has 0 heterocycles. The number of benzene rings is 1. The summed E-state index contributed by atoms with van der Waals surface area (Å²) in [4.78, 5) is 69.2. The number of nitrogens with one attached hydrogen (secondary N) is 4. The van der Waals surface area contributed by atoms with E-state index in [9.17, 15) is 28.8 Å². The molecule has 0 aliphatic rings. The highest BCUT2D eigenvalue weighted by Crippen LogP contribution is 2.05. The molecule has 56 heavy (non-hydrogen) atoms. The van der Waals surface area contributed by atoms with Crippen LogP contribution in [0.15, 0.2) is 30.3 Å². The molecule has 0 radical (unpaired) electrons. The number of primary amides is 2. The number of rotatable bonds is 28. The van der Waals surface area contributed by atoms with Gasteiger partial charge < -0.3 is 56.4 Å². The maximum Gasteiger partial charge on any atom is 0.312 e. The fourth-order valence-electron chi connectivity index (χ4n) is 4.11. The third-order valence-corrected chi connectivity index (χ3v) is 6.81. The van der Waals surface area contributed by atoms with Gasteiger partial charge in [-0.3, -0.25) is 24.0 Å². The number of hydrogen-bond acceptors (Lipinski definition) is 11. The van der Waals surface area contributed by atoms with E-state index in [0.717, 1.165) is 12.0 Å². The van der Waals surface area contributed by atoms with Crippen LogP contribution in [-0.2, 0) is 54.3 Å². The van der Waals surface area contributed by atoms with Gasteiger partial charge in [-0.2, -0.15) is 0 Å². The summed E-state index contributed by atoms with van der Waals surface area (Å²) in [6.45, 7) is 18.8.